The van der Waals surface area contributed by atoms with Crippen LogP contribution in [0.2, 0.25) is 10.0 Å². The van der Waals surface area contributed by atoms with E-state index in [2.05, 4.69) is 5.10 Å². The number of hydrogen-bond donors (Lipinski definition) is 0. The predicted octanol–water partition coefficient (Wildman–Crippen LogP) is 4.75. The molecule has 0 spiro atoms. The van der Waals surface area contributed by atoms with E-state index in [1.54, 1.807) is 36.4 Å². The van der Waals surface area contributed by atoms with E-state index in [0.717, 1.165) is 0 Å². The number of rotatable bonds is 6. The molecule has 10 heteroatoms. The second-order valence-corrected chi connectivity index (χ2v) is 7.26. The average molecular weight is 453 g/mol. The maximum atomic E-state index is 12.6. The van der Waals surface area contributed by atoms with Crippen molar-refractivity contribution >= 4 is 41.2 Å². The Labute approximate surface area is 180 Å². The maximum Gasteiger partial charge on any atom is 0.287 e. The van der Waals surface area contributed by atoms with Crippen LogP contribution in [0, 0.1) is 4.84 Å². The van der Waals surface area contributed by atoms with Crippen LogP contribution in [0.1, 0.15) is 16.2 Å². The zero-order chi connectivity index (χ0) is 20.4. The molecule has 0 bridgehead atoms. The summed E-state index contributed by atoms with van der Waals surface area (Å²) in [6.07, 6.45) is 0. The van der Waals surface area contributed by atoms with Crippen LogP contribution in [0.25, 0.3) is 0 Å². The summed E-state index contributed by atoms with van der Waals surface area (Å²) in [6, 6.07) is 9.89. The van der Waals surface area contributed by atoms with Gasteiger partial charge in [0.05, 0.1) is 5.02 Å². The molecule has 1 aliphatic rings. The predicted molar refractivity (Wildman–Crippen MR) is 108 cm³/mol. The van der Waals surface area contributed by atoms with E-state index < -0.39 is 0 Å². The Balaban J connectivity index is 1.44. The number of ether oxygens (including phenoxy) is 3. The monoisotopic (exact) mass is 452 g/mol. The van der Waals surface area contributed by atoms with Crippen molar-refractivity contribution in [2.75, 3.05) is 13.2 Å². The summed E-state index contributed by atoms with van der Waals surface area (Å²) in [5, 5.41) is 5.07. The van der Waals surface area contributed by atoms with Crippen LogP contribution < -0.4 is 14.2 Å². The lowest BCUT2D eigenvalue weighted by Gasteiger charge is -2.18. The van der Waals surface area contributed by atoms with Gasteiger partial charge in [-0.2, -0.15) is 0 Å². The van der Waals surface area contributed by atoms with E-state index in [1.165, 1.54) is 4.68 Å². The van der Waals surface area contributed by atoms with Gasteiger partial charge in [0, 0.05) is 10.6 Å². The number of Topliss-reactive ketones (excluding diaryl/α,β-unsaturated/α-hetero) is 1. The molecule has 4 rings (SSSR count). The Morgan fingerprint density at radius 3 is 2.72 bits per heavy atom. The summed E-state index contributed by atoms with van der Waals surface area (Å²) in [6.45, 7) is 0.848. The van der Waals surface area contributed by atoms with Crippen LogP contribution in [-0.4, -0.2) is 28.8 Å². The number of halogens is 2. The van der Waals surface area contributed by atoms with Gasteiger partial charge in [0.15, 0.2) is 23.9 Å². The van der Waals surface area contributed by atoms with E-state index >= 15 is 0 Å². The number of fused-ring (bicyclic) bond motifs is 1. The molecule has 29 heavy (non-hydrogen) atoms. The maximum absolute atomic E-state index is 12.6. The van der Waals surface area contributed by atoms with Gasteiger partial charge in [-0.15, -0.1) is 5.10 Å². The second kappa shape index (κ2) is 8.44. The van der Waals surface area contributed by atoms with E-state index in [0.29, 0.717) is 46.1 Å². The number of ketones is 1. The molecule has 0 amide bonds. The SMILES string of the molecule is O=C(Cn1nc(COc2ccc(Cl)cc2Cl)oc1=S)c1ccc2c(c1)OCCO2. The molecule has 0 radical (unpaired) electrons. The van der Waals surface area contributed by atoms with Gasteiger partial charge in [0.2, 0.25) is 0 Å². The van der Waals surface area contributed by atoms with E-state index in [1.807, 2.05) is 0 Å². The highest BCUT2D eigenvalue weighted by Crippen LogP contribution is 2.31. The Morgan fingerprint density at radius 1 is 1.14 bits per heavy atom. The number of carbonyl (C=O) groups excluding carboxylic acids is 1. The molecular formula is C19H14Cl2N2O5S. The molecule has 150 valence electrons. The fourth-order valence-electron chi connectivity index (χ4n) is 2.68. The van der Waals surface area contributed by atoms with E-state index in [9.17, 15) is 4.79 Å². The highest BCUT2D eigenvalue weighted by molar-refractivity contribution is 7.71. The summed E-state index contributed by atoms with van der Waals surface area (Å²) >= 11 is 17.1. The molecule has 0 atom stereocenters. The summed E-state index contributed by atoms with van der Waals surface area (Å²) < 4.78 is 23.3. The third-order valence-corrected chi connectivity index (χ3v) is 4.88. The second-order valence-electron chi connectivity index (χ2n) is 6.06. The first-order chi connectivity index (χ1) is 14.0. The smallest absolute Gasteiger partial charge is 0.287 e. The number of benzene rings is 2. The van der Waals surface area contributed by atoms with E-state index in [-0.39, 0.29) is 29.7 Å². The molecule has 2 aromatic carbocycles. The first-order valence-corrected chi connectivity index (χ1v) is 9.73. The molecule has 3 aromatic rings. The molecule has 2 heterocycles. The molecule has 1 aromatic heterocycles. The number of nitrogens with zero attached hydrogens (tertiary/aromatic N) is 2. The lowest BCUT2D eigenvalue weighted by Crippen LogP contribution is -2.17. The van der Waals surface area contributed by atoms with Crippen molar-refractivity contribution in [3.63, 3.8) is 0 Å². The molecule has 1 aliphatic heterocycles. The Morgan fingerprint density at radius 2 is 1.93 bits per heavy atom. The highest BCUT2D eigenvalue weighted by Gasteiger charge is 2.17. The average Bonchev–Trinajstić information content (AvgIpc) is 3.06. The van der Waals surface area contributed by atoms with Gasteiger partial charge in [-0.1, -0.05) is 23.2 Å². The fraction of sp³-hybridized carbons (Fsp3) is 0.211. The van der Waals surface area contributed by atoms with Crippen LogP contribution in [0.3, 0.4) is 0 Å². The van der Waals surface area contributed by atoms with Crippen LogP contribution in [0.5, 0.6) is 17.2 Å². The van der Waals surface area contributed by atoms with Gasteiger partial charge in [-0.05, 0) is 48.6 Å². The van der Waals surface area contributed by atoms with E-state index in [4.69, 9.17) is 54.0 Å². The van der Waals surface area contributed by atoms with Gasteiger partial charge in [-0.3, -0.25) is 4.79 Å². The third-order valence-electron chi connectivity index (χ3n) is 4.05. The van der Waals surface area contributed by atoms with Crippen LogP contribution in [-0.2, 0) is 13.2 Å². The van der Waals surface area contributed by atoms with Gasteiger partial charge < -0.3 is 18.6 Å². The number of aromatic nitrogens is 2. The normalized spacial score (nSPS) is 12.6. The first-order valence-electron chi connectivity index (χ1n) is 8.57. The molecule has 0 unspecified atom stereocenters. The molecule has 0 aliphatic carbocycles. The van der Waals surface area contributed by atoms with Gasteiger partial charge >= 0.3 is 0 Å². The summed E-state index contributed by atoms with van der Waals surface area (Å²) in [7, 11) is 0. The molecule has 7 nitrogen and oxygen atoms in total. The quantitative estimate of drug-likeness (QED) is 0.394. The van der Waals surface area contributed by atoms with Gasteiger partial charge in [0.1, 0.15) is 25.5 Å². The third kappa shape index (κ3) is 4.55. The lowest BCUT2D eigenvalue weighted by atomic mass is 10.1. The molecular weight excluding hydrogens is 439 g/mol. The van der Waals surface area contributed by atoms with Crippen molar-refractivity contribution in [2.24, 2.45) is 0 Å². The topological polar surface area (TPSA) is 75.7 Å². The van der Waals surface area contributed by atoms with Gasteiger partial charge in [0.25, 0.3) is 10.7 Å². The minimum absolute atomic E-state index is 0.00376. The summed E-state index contributed by atoms with van der Waals surface area (Å²) in [5.74, 6) is 1.61. The van der Waals surface area contributed by atoms with Crippen LogP contribution in [0.4, 0.5) is 0 Å². The Kier molecular flexibility index (Phi) is 5.75. The van der Waals surface area contributed by atoms with Crippen molar-refractivity contribution in [1.82, 2.24) is 9.78 Å². The largest absolute Gasteiger partial charge is 0.486 e. The lowest BCUT2D eigenvalue weighted by molar-refractivity contribution is 0.0964. The standard InChI is InChI=1S/C19H14Cl2N2O5S/c20-12-2-4-15(13(21)8-12)27-10-18-22-23(19(29)28-18)9-14(24)11-1-3-16-17(7-11)26-6-5-25-16/h1-4,7-8H,5-6,9-10H2. The van der Waals surface area contributed by atoms with Crippen molar-refractivity contribution in [3.05, 3.63) is 62.7 Å². The van der Waals surface area contributed by atoms with Crippen LogP contribution >= 0.6 is 35.4 Å². The van der Waals surface area contributed by atoms with Crippen molar-refractivity contribution in [1.29, 1.82) is 0 Å². The highest BCUT2D eigenvalue weighted by atomic mass is 35.5. The zero-order valence-corrected chi connectivity index (χ0v) is 17.2. The van der Waals surface area contributed by atoms with Crippen LogP contribution in [0.15, 0.2) is 40.8 Å². The van der Waals surface area contributed by atoms with Crippen molar-refractivity contribution < 1.29 is 23.4 Å². The Bertz CT molecular complexity index is 1130. The fourth-order valence-corrected chi connectivity index (χ4v) is 3.35. The Hall–Kier alpha value is -2.55. The molecule has 0 N–H and O–H groups in total. The van der Waals surface area contributed by atoms with Crippen molar-refractivity contribution in [3.8, 4) is 17.2 Å². The molecule has 0 fully saturated rings. The first kappa shape index (κ1) is 19.8. The van der Waals surface area contributed by atoms with Crippen molar-refractivity contribution in [2.45, 2.75) is 13.2 Å². The zero-order valence-electron chi connectivity index (χ0n) is 14.9. The summed E-state index contributed by atoms with van der Waals surface area (Å²) in [4.78, 5) is 12.7. The number of hydrogen-bond acceptors (Lipinski definition) is 7. The minimum Gasteiger partial charge on any atom is -0.486 e. The summed E-state index contributed by atoms with van der Waals surface area (Å²) in [5.41, 5.74) is 0.463. The van der Waals surface area contributed by atoms with Gasteiger partial charge in [-0.25, -0.2) is 4.68 Å². The molecule has 0 saturated heterocycles. The minimum atomic E-state index is -0.195. The molecule has 0 saturated carbocycles. The number of carbonyl (C=O) groups is 1.